The standard InChI is InChI=1S/C37H23N3O/c1-3-12-28-26(10-1)27-11-2-4-13-29(27)37(28)30-14-5-7-17-33(30)40(34-18-8-6-15-31(34)37)25-21-19-24(20-22-25)35-39-32-16-9-23-38-36(32)41-35/h1-23H. The number of pyridine rings is 1. The highest BCUT2D eigenvalue weighted by Gasteiger charge is 2.51. The molecule has 0 saturated carbocycles. The van der Waals surface area contributed by atoms with Crippen molar-refractivity contribution in [2.24, 2.45) is 0 Å². The zero-order valence-electron chi connectivity index (χ0n) is 22.0. The number of para-hydroxylation sites is 2. The lowest BCUT2D eigenvalue weighted by atomic mass is 9.64. The van der Waals surface area contributed by atoms with Crippen molar-refractivity contribution >= 4 is 28.3 Å². The number of benzene rings is 5. The molecular formula is C37H23N3O. The molecule has 2 aromatic heterocycles. The van der Waals surface area contributed by atoms with Gasteiger partial charge >= 0.3 is 0 Å². The molecule has 0 amide bonds. The molecule has 0 N–H and O–H groups in total. The van der Waals surface area contributed by atoms with Crippen LogP contribution >= 0.6 is 0 Å². The molecule has 5 aromatic carbocycles. The maximum Gasteiger partial charge on any atom is 0.247 e. The lowest BCUT2D eigenvalue weighted by Gasteiger charge is -2.45. The van der Waals surface area contributed by atoms with Gasteiger partial charge in [-0.25, -0.2) is 9.97 Å². The molecule has 7 aromatic rings. The predicted octanol–water partition coefficient (Wildman–Crippen LogP) is 9.04. The third kappa shape index (κ3) is 2.94. The lowest BCUT2D eigenvalue weighted by Crippen LogP contribution is -2.36. The second-order valence-corrected chi connectivity index (χ2v) is 10.6. The van der Waals surface area contributed by atoms with Gasteiger partial charge < -0.3 is 9.32 Å². The number of nitrogens with zero attached hydrogens (tertiary/aromatic N) is 3. The summed E-state index contributed by atoms with van der Waals surface area (Å²) in [5, 5.41) is 0. The van der Waals surface area contributed by atoms with Crippen LogP contribution in [0.3, 0.4) is 0 Å². The Morgan fingerprint density at radius 1 is 0.537 bits per heavy atom. The molecule has 192 valence electrons. The highest BCUT2D eigenvalue weighted by molar-refractivity contribution is 5.95. The molecule has 2 aliphatic rings. The SMILES string of the molecule is c1ccc2c(c1)-c1ccccc1C21c2ccccc2N(c2ccc(-c3nc4cccnc4o3)cc2)c2ccccc21. The van der Waals surface area contributed by atoms with Crippen LogP contribution in [0.4, 0.5) is 17.1 Å². The summed E-state index contributed by atoms with van der Waals surface area (Å²) in [6.07, 6.45) is 1.72. The van der Waals surface area contributed by atoms with Gasteiger partial charge in [-0.1, -0.05) is 84.9 Å². The van der Waals surface area contributed by atoms with Crippen molar-refractivity contribution in [3.63, 3.8) is 0 Å². The second-order valence-electron chi connectivity index (χ2n) is 10.6. The van der Waals surface area contributed by atoms with Gasteiger partial charge in [0.05, 0.1) is 16.8 Å². The molecule has 4 heteroatoms. The monoisotopic (exact) mass is 525 g/mol. The summed E-state index contributed by atoms with van der Waals surface area (Å²) in [6, 6.07) is 47.7. The van der Waals surface area contributed by atoms with E-state index in [1.54, 1.807) is 6.20 Å². The van der Waals surface area contributed by atoms with Gasteiger partial charge in [-0.05, 0) is 81.9 Å². The van der Waals surface area contributed by atoms with E-state index in [4.69, 9.17) is 4.42 Å². The van der Waals surface area contributed by atoms with Crippen LogP contribution in [0.15, 0.2) is 144 Å². The molecule has 0 bridgehead atoms. The minimum atomic E-state index is -0.401. The average molecular weight is 526 g/mol. The zero-order valence-corrected chi connectivity index (χ0v) is 22.0. The van der Waals surface area contributed by atoms with Crippen LogP contribution in [0, 0.1) is 0 Å². The van der Waals surface area contributed by atoms with Gasteiger partial charge in [0.1, 0.15) is 5.52 Å². The van der Waals surface area contributed by atoms with Crippen LogP contribution in [0.1, 0.15) is 22.3 Å². The van der Waals surface area contributed by atoms with Crippen LogP contribution in [-0.2, 0) is 5.41 Å². The summed E-state index contributed by atoms with van der Waals surface area (Å²) in [7, 11) is 0. The fourth-order valence-electron chi connectivity index (χ4n) is 6.99. The fraction of sp³-hybridized carbons (Fsp3) is 0.0270. The van der Waals surface area contributed by atoms with Gasteiger partial charge in [-0.2, -0.15) is 0 Å². The highest BCUT2D eigenvalue weighted by Crippen LogP contribution is 2.63. The third-order valence-electron chi connectivity index (χ3n) is 8.59. The molecule has 0 fully saturated rings. The number of hydrogen-bond donors (Lipinski definition) is 0. The van der Waals surface area contributed by atoms with Gasteiger partial charge in [0.2, 0.25) is 11.6 Å². The Labute approximate surface area is 237 Å². The summed E-state index contributed by atoms with van der Waals surface area (Å²) in [5.74, 6) is 0.572. The molecule has 0 saturated heterocycles. The fourth-order valence-corrected chi connectivity index (χ4v) is 6.99. The number of fused-ring (bicyclic) bond motifs is 10. The van der Waals surface area contributed by atoms with Crippen LogP contribution in [-0.4, -0.2) is 9.97 Å². The Balaban J connectivity index is 1.27. The number of rotatable bonds is 2. The molecule has 0 radical (unpaired) electrons. The molecule has 1 aliphatic carbocycles. The topological polar surface area (TPSA) is 42.2 Å². The summed E-state index contributed by atoms with van der Waals surface area (Å²) in [6.45, 7) is 0. The van der Waals surface area contributed by atoms with E-state index >= 15 is 0 Å². The van der Waals surface area contributed by atoms with Crippen LogP contribution in [0.2, 0.25) is 0 Å². The molecule has 9 rings (SSSR count). The Morgan fingerprint density at radius 3 is 1.71 bits per heavy atom. The first kappa shape index (κ1) is 22.3. The van der Waals surface area contributed by atoms with Crippen LogP contribution < -0.4 is 4.90 Å². The van der Waals surface area contributed by atoms with Crippen molar-refractivity contribution in [3.8, 4) is 22.6 Å². The van der Waals surface area contributed by atoms with Crippen molar-refractivity contribution in [1.29, 1.82) is 0 Å². The number of aromatic nitrogens is 2. The average Bonchev–Trinajstić information content (AvgIpc) is 3.60. The third-order valence-corrected chi connectivity index (χ3v) is 8.59. The van der Waals surface area contributed by atoms with E-state index in [0.717, 1.165) is 16.8 Å². The summed E-state index contributed by atoms with van der Waals surface area (Å²) in [5.41, 5.74) is 13.1. The Bertz CT molecular complexity index is 2000. The summed E-state index contributed by atoms with van der Waals surface area (Å²) < 4.78 is 5.95. The number of hydrogen-bond acceptors (Lipinski definition) is 4. The second kappa shape index (κ2) is 8.26. The molecule has 1 aliphatic heterocycles. The van der Waals surface area contributed by atoms with E-state index in [1.807, 2.05) is 12.1 Å². The Hall–Kier alpha value is -5.48. The smallest absolute Gasteiger partial charge is 0.247 e. The molecule has 3 heterocycles. The van der Waals surface area contributed by atoms with Gasteiger partial charge in [0.15, 0.2) is 0 Å². The first-order valence-electron chi connectivity index (χ1n) is 13.8. The van der Waals surface area contributed by atoms with Gasteiger partial charge in [0.25, 0.3) is 0 Å². The van der Waals surface area contributed by atoms with Crippen molar-refractivity contribution in [3.05, 3.63) is 162 Å². The van der Waals surface area contributed by atoms with Crippen molar-refractivity contribution in [2.75, 3.05) is 4.90 Å². The molecule has 0 atom stereocenters. The molecule has 0 unspecified atom stereocenters. The van der Waals surface area contributed by atoms with Gasteiger partial charge in [0, 0.05) is 17.4 Å². The first-order valence-corrected chi connectivity index (χ1v) is 13.8. The normalized spacial score (nSPS) is 14.0. The quantitative estimate of drug-likeness (QED) is 0.226. The van der Waals surface area contributed by atoms with Crippen molar-refractivity contribution < 1.29 is 4.42 Å². The minimum absolute atomic E-state index is 0.401. The highest BCUT2D eigenvalue weighted by atomic mass is 16.4. The van der Waals surface area contributed by atoms with Gasteiger partial charge in [-0.15, -0.1) is 0 Å². The van der Waals surface area contributed by atoms with E-state index in [0.29, 0.717) is 11.6 Å². The Morgan fingerprint density at radius 2 is 1.10 bits per heavy atom. The number of oxazole rings is 1. The maximum atomic E-state index is 5.95. The molecule has 41 heavy (non-hydrogen) atoms. The van der Waals surface area contributed by atoms with E-state index in [9.17, 15) is 0 Å². The Kier molecular flexibility index (Phi) is 4.50. The van der Waals surface area contributed by atoms with E-state index < -0.39 is 5.41 Å². The first-order chi connectivity index (χ1) is 20.3. The van der Waals surface area contributed by atoms with E-state index in [1.165, 1.54) is 44.8 Å². The predicted molar refractivity (Wildman–Crippen MR) is 163 cm³/mol. The van der Waals surface area contributed by atoms with Gasteiger partial charge in [-0.3, -0.25) is 0 Å². The van der Waals surface area contributed by atoms with Crippen molar-refractivity contribution in [2.45, 2.75) is 5.41 Å². The molecular weight excluding hydrogens is 502 g/mol. The summed E-state index contributed by atoms with van der Waals surface area (Å²) >= 11 is 0. The van der Waals surface area contributed by atoms with E-state index in [-0.39, 0.29) is 0 Å². The lowest BCUT2D eigenvalue weighted by molar-refractivity contribution is 0.608. The van der Waals surface area contributed by atoms with Crippen LogP contribution in [0.25, 0.3) is 33.8 Å². The minimum Gasteiger partial charge on any atom is -0.418 e. The van der Waals surface area contributed by atoms with Crippen LogP contribution in [0.5, 0.6) is 0 Å². The largest absolute Gasteiger partial charge is 0.418 e. The van der Waals surface area contributed by atoms with E-state index in [2.05, 4.69) is 136 Å². The zero-order chi connectivity index (χ0) is 27.0. The number of anilines is 3. The molecule has 1 spiro atoms. The summed E-state index contributed by atoms with van der Waals surface area (Å²) in [4.78, 5) is 11.3. The van der Waals surface area contributed by atoms with Crippen molar-refractivity contribution in [1.82, 2.24) is 9.97 Å². The molecule has 4 nitrogen and oxygen atoms in total. The maximum absolute atomic E-state index is 5.95.